The van der Waals surface area contributed by atoms with E-state index in [2.05, 4.69) is 39.3 Å². The summed E-state index contributed by atoms with van der Waals surface area (Å²) in [5, 5.41) is 21.7. The molecule has 0 saturated heterocycles. The van der Waals surface area contributed by atoms with Gasteiger partial charge in [0.2, 0.25) is 0 Å². The average Bonchev–Trinajstić information content (AvgIpc) is 1.98. The van der Waals surface area contributed by atoms with Gasteiger partial charge in [0.25, 0.3) is 0 Å². The fourth-order valence-corrected chi connectivity index (χ4v) is 8.87. The molecule has 0 aromatic rings. The maximum atomic E-state index is 9.44. The molecule has 0 radical (unpaired) electrons. The van der Waals surface area contributed by atoms with Crippen LogP contribution in [0.2, 0.25) is 39.3 Å². The minimum Gasteiger partial charge on any atom is -0.392 e. The number of aliphatic hydroxyl groups is 2. The topological polar surface area (TPSA) is 40.5 Å². The molecule has 92 valence electrons. The lowest BCUT2D eigenvalue weighted by atomic mass is 9.98. The lowest BCUT2D eigenvalue weighted by Gasteiger charge is -2.42. The Labute approximate surface area is 101 Å². The molecule has 0 bridgehead atoms. The highest BCUT2D eigenvalue weighted by atomic mass is 28.3. The highest BCUT2D eigenvalue weighted by Crippen LogP contribution is 2.44. The van der Waals surface area contributed by atoms with E-state index in [4.69, 9.17) is 0 Å². The first-order chi connectivity index (χ1) is 7.14. The van der Waals surface area contributed by atoms with Crippen molar-refractivity contribution in [2.45, 2.75) is 39.3 Å². The lowest BCUT2D eigenvalue weighted by molar-refractivity contribution is 0.312. The van der Waals surface area contributed by atoms with Crippen molar-refractivity contribution in [2.24, 2.45) is 0 Å². The van der Waals surface area contributed by atoms with E-state index in [1.54, 1.807) is 0 Å². The van der Waals surface area contributed by atoms with Crippen molar-refractivity contribution in [3.63, 3.8) is 0 Å². The second kappa shape index (κ2) is 4.25. The van der Waals surface area contributed by atoms with E-state index in [1.807, 2.05) is 0 Å². The first kappa shape index (κ1) is 13.9. The molecule has 0 spiro atoms. The number of hydrogen-bond donors (Lipinski definition) is 2. The Bertz CT molecular complexity index is 320. The fourth-order valence-electron chi connectivity index (χ4n) is 2.55. The van der Waals surface area contributed by atoms with Crippen LogP contribution < -0.4 is 0 Å². The Morgan fingerprint density at radius 1 is 0.688 bits per heavy atom. The first-order valence-corrected chi connectivity index (χ1v) is 12.8. The lowest BCUT2D eigenvalue weighted by Crippen LogP contribution is -2.42. The third-order valence-corrected chi connectivity index (χ3v) is 7.39. The molecule has 4 heteroatoms. The van der Waals surface area contributed by atoms with Gasteiger partial charge in [-0.3, -0.25) is 0 Å². The van der Waals surface area contributed by atoms with E-state index in [1.165, 1.54) is 10.4 Å². The molecule has 0 fully saturated rings. The van der Waals surface area contributed by atoms with Crippen molar-refractivity contribution < 1.29 is 10.2 Å². The summed E-state index contributed by atoms with van der Waals surface area (Å²) >= 11 is 0. The van der Waals surface area contributed by atoms with Gasteiger partial charge < -0.3 is 10.2 Å². The van der Waals surface area contributed by atoms with Gasteiger partial charge >= 0.3 is 0 Å². The number of aliphatic hydroxyl groups excluding tert-OH is 2. The van der Waals surface area contributed by atoms with Crippen molar-refractivity contribution in [3.05, 3.63) is 21.5 Å². The summed E-state index contributed by atoms with van der Waals surface area (Å²) in [6, 6.07) is 0. The molecular formula is C12H24O2Si2. The molecule has 16 heavy (non-hydrogen) atoms. The summed E-state index contributed by atoms with van der Waals surface area (Å²) in [7, 11) is -2.81. The third-order valence-electron chi connectivity index (χ3n) is 3.03. The molecule has 2 nitrogen and oxygen atoms in total. The summed E-state index contributed by atoms with van der Waals surface area (Å²) in [4.78, 5) is 0. The van der Waals surface area contributed by atoms with Crippen LogP contribution in [0.25, 0.3) is 0 Å². The zero-order chi connectivity index (χ0) is 12.7. The van der Waals surface area contributed by atoms with Gasteiger partial charge in [-0.05, 0) is 11.1 Å². The number of hydrogen-bond acceptors (Lipinski definition) is 2. The van der Waals surface area contributed by atoms with Crippen LogP contribution in [0.4, 0.5) is 0 Å². The van der Waals surface area contributed by atoms with Crippen molar-refractivity contribution >= 4 is 16.1 Å². The smallest absolute Gasteiger partial charge is 0.0779 e. The Morgan fingerprint density at radius 2 is 0.938 bits per heavy atom. The third kappa shape index (κ3) is 2.25. The number of rotatable bonds is 4. The maximum Gasteiger partial charge on any atom is 0.0779 e. The summed E-state index contributed by atoms with van der Waals surface area (Å²) in [5.74, 6) is 0. The van der Waals surface area contributed by atoms with Crippen LogP contribution in [0.3, 0.4) is 0 Å². The Morgan fingerprint density at radius 3 is 1.06 bits per heavy atom. The second-order valence-electron chi connectivity index (χ2n) is 6.52. The Hall–Kier alpha value is -0.166. The van der Waals surface area contributed by atoms with Crippen LogP contribution in [0, 0.1) is 0 Å². The van der Waals surface area contributed by atoms with Crippen molar-refractivity contribution in [3.8, 4) is 0 Å². The summed E-state index contributed by atoms with van der Waals surface area (Å²) in [6.45, 7) is 14.0. The van der Waals surface area contributed by atoms with Crippen LogP contribution in [0.5, 0.6) is 0 Å². The van der Waals surface area contributed by atoms with E-state index in [0.29, 0.717) is 0 Å². The van der Waals surface area contributed by atoms with Crippen molar-refractivity contribution in [2.75, 3.05) is 13.2 Å². The van der Waals surface area contributed by atoms with E-state index >= 15 is 0 Å². The zero-order valence-corrected chi connectivity index (χ0v) is 13.3. The molecule has 0 atom stereocenters. The molecule has 0 aromatic carbocycles. The van der Waals surface area contributed by atoms with Gasteiger partial charge in [-0.15, -0.1) is 0 Å². The standard InChI is InChI=1S/C12H24O2Si2/c1-15(2,3)11-9(7-13)10(8-14)12(11)16(4,5)6/h13-14H,7-8H2,1-6H3. The molecular weight excluding hydrogens is 232 g/mol. The van der Waals surface area contributed by atoms with E-state index < -0.39 is 16.1 Å². The zero-order valence-electron chi connectivity index (χ0n) is 11.3. The molecule has 0 unspecified atom stereocenters. The first-order valence-electron chi connectivity index (χ1n) is 5.84. The predicted octanol–water partition coefficient (Wildman–Crippen LogP) is 2.33. The van der Waals surface area contributed by atoms with Gasteiger partial charge in [0.1, 0.15) is 0 Å². The monoisotopic (exact) mass is 256 g/mol. The summed E-state index contributed by atoms with van der Waals surface area (Å²) < 4.78 is 0. The van der Waals surface area contributed by atoms with Gasteiger partial charge in [-0.25, -0.2) is 0 Å². The molecule has 1 aliphatic carbocycles. The normalized spacial score (nSPS) is 18.0. The SMILES string of the molecule is C[Si](C)(C)C1=C([Si](C)(C)C)C(CO)=C1CO. The van der Waals surface area contributed by atoms with Crippen LogP contribution >= 0.6 is 0 Å². The largest absolute Gasteiger partial charge is 0.392 e. The van der Waals surface area contributed by atoms with Crippen LogP contribution in [-0.4, -0.2) is 39.6 Å². The molecule has 1 rings (SSSR count). The average molecular weight is 256 g/mol. The molecule has 0 aliphatic heterocycles. The Kier molecular flexibility index (Phi) is 3.69. The van der Waals surface area contributed by atoms with E-state index in [-0.39, 0.29) is 13.2 Å². The van der Waals surface area contributed by atoms with Gasteiger partial charge in [0.15, 0.2) is 0 Å². The molecule has 0 heterocycles. The molecule has 2 N–H and O–H groups in total. The molecule has 1 aliphatic rings. The van der Waals surface area contributed by atoms with Gasteiger partial charge in [0, 0.05) is 0 Å². The highest BCUT2D eigenvalue weighted by Gasteiger charge is 2.40. The second-order valence-corrected chi connectivity index (χ2v) is 16.5. The van der Waals surface area contributed by atoms with Crippen LogP contribution in [-0.2, 0) is 0 Å². The minimum atomic E-state index is -1.40. The fraction of sp³-hybridized carbons (Fsp3) is 0.667. The highest BCUT2D eigenvalue weighted by molar-refractivity contribution is 6.91. The summed E-state index contributed by atoms with van der Waals surface area (Å²) in [5.41, 5.74) is 2.08. The van der Waals surface area contributed by atoms with Crippen LogP contribution in [0.15, 0.2) is 21.5 Å². The van der Waals surface area contributed by atoms with Gasteiger partial charge in [-0.1, -0.05) is 49.7 Å². The summed E-state index contributed by atoms with van der Waals surface area (Å²) in [6.07, 6.45) is 0. The molecule has 0 saturated carbocycles. The Balaban J connectivity index is 3.27. The minimum absolute atomic E-state index is 0.0868. The molecule has 0 aromatic heterocycles. The van der Waals surface area contributed by atoms with Crippen LogP contribution in [0.1, 0.15) is 0 Å². The maximum absolute atomic E-state index is 9.44. The van der Waals surface area contributed by atoms with E-state index in [9.17, 15) is 10.2 Å². The predicted molar refractivity (Wildman–Crippen MR) is 74.9 cm³/mol. The molecule has 0 amide bonds. The van der Waals surface area contributed by atoms with E-state index in [0.717, 1.165) is 11.1 Å². The van der Waals surface area contributed by atoms with Crippen molar-refractivity contribution in [1.82, 2.24) is 0 Å². The van der Waals surface area contributed by atoms with Crippen molar-refractivity contribution in [1.29, 1.82) is 0 Å². The van der Waals surface area contributed by atoms with Gasteiger partial charge in [-0.2, -0.15) is 0 Å². The quantitative estimate of drug-likeness (QED) is 0.758. The van der Waals surface area contributed by atoms with Gasteiger partial charge in [0.05, 0.1) is 29.4 Å².